The molecule has 0 aliphatic carbocycles. The van der Waals surface area contributed by atoms with Gasteiger partial charge in [0.1, 0.15) is 24.2 Å². The number of hydrogen-bond donors (Lipinski definition) is 1. The summed E-state index contributed by atoms with van der Waals surface area (Å²) in [4.78, 5) is 13.2. The van der Waals surface area contributed by atoms with Gasteiger partial charge in [-0.1, -0.05) is 11.6 Å². The monoisotopic (exact) mass is 480 g/mol. The van der Waals surface area contributed by atoms with Crippen LogP contribution < -0.4 is 20.3 Å². The van der Waals surface area contributed by atoms with Crippen molar-refractivity contribution in [2.75, 3.05) is 13.2 Å². The maximum atomic E-state index is 13.2. The zero-order valence-corrected chi connectivity index (χ0v) is 19.8. The van der Waals surface area contributed by atoms with E-state index in [1.165, 1.54) is 12.8 Å². The fourth-order valence-corrected chi connectivity index (χ4v) is 5.72. The van der Waals surface area contributed by atoms with Gasteiger partial charge in [-0.2, -0.15) is 0 Å². The highest BCUT2D eigenvalue weighted by Crippen LogP contribution is 2.33. The van der Waals surface area contributed by atoms with Gasteiger partial charge in [0.15, 0.2) is 0 Å². The number of piperidine rings is 1. The second-order valence-electron chi connectivity index (χ2n) is 9.65. The zero-order valence-electron chi connectivity index (χ0n) is 19.0. The Bertz CT molecular complexity index is 1240. The third kappa shape index (κ3) is 4.42. The van der Waals surface area contributed by atoms with Crippen LogP contribution in [0.25, 0.3) is 16.5 Å². The first kappa shape index (κ1) is 22.0. The fraction of sp³-hybridized carbons (Fsp3) is 0.444. The summed E-state index contributed by atoms with van der Waals surface area (Å²) in [5.41, 5.74) is 0.621. The summed E-state index contributed by atoms with van der Waals surface area (Å²) < 4.78 is 19.4. The molecule has 1 N–H and O–H groups in total. The Balaban J connectivity index is 1.20. The standard InChI is InChI=1S/C27H29ClN2O4/c28-25-15-20(5-8-26(25)34-23-13-18-3-4-19(14-23)29-18)30-10-9-17-12-21(6-7-24(17)27(30)31)33-16-22-2-1-11-32-22/h5-10,12,15,18-19,22-23,29H,1-4,11,13-14,16H2/t18-,19+,22-,23?/m0/s1. The third-order valence-electron chi connectivity index (χ3n) is 7.25. The van der Waals surface area contributed by atoms with Gasteiger partial charge in [0.05, 0.1) is 16.8 Å². The van der Waals surface area contributed by atoms with Crippen LogP contribution in [0.2, 0.25) is 5.02 Å². The van der Waals surface area contributed by atoms with E-state index in [-0.39, 0.29) is 17.8 Å². The molecule has 0 radical (unpaired) electrons. The van der Waals surface area contributed by atoms with Crippen molar-refractivity contribution in [1.82, 2.24) is 9.88 Å². The Hall–Kier alpha value is -2.54. The lowest BCUT2D eigenvalue weighted by Crippen LogP contribution is -2.42. The van der Waals surface area contributed by atoms with Crippen molar-refractivity contribution in [3.8, 4) is 17.2 Å². The lowest BCUT2D eigenvalue weighted by Gasteiger charge is -2.29. The van der Waals surface area contributed by atoms with E-state index in [1.54, 1.807) is 16.8 Å². The van der Waals surface area contributed by atoms with Crippen LogP contribution in [0.4, 0.5) is 0 Å². The van der Waals surface area contributed by atoms with E-state index in [0.717, 1.165) is 43.4 Å². The molecule has 4 heterocycles. The average molecular weight is 481 g/mol. The van der Waals surface area contributed by atoms with Gasteiger partial charge in [0, 0.05) is 30.3 Å². The van der Waals surface area contributed by atoms with Crippen LogP contribution in [0.1, 0.15) is 38.5 Å². The molecule has 34 heavy (non-hydrogen) atoms. The first-order valence-corrected chi connectivity index (χ1v) is 12.6. The molecule has 3 aromatic rings. The largest absolute Gasteiger partial charge is 0.491 e. The van der Waals surface area contributed by atoms with Gasteiger partial charge in [-0.15, -0.1) is 0 Å². The van der Waals surface area contributed by atoms with E-state index in [2.05, 4.69) is 5.32 Å². The Kier molecular flexibility index (Phi) is 5.97. The molecule has 1 aromatic heterocycles. The van der Waals surface area contributed by atoms with Gasteiger partial charge in [0.2, 0.25) is 0 Å². The van der Waals surface area contributed by atoms with Crippen LogP contribution >= 0.6 is 11.6 Å². The van der Waals surface area contributed by atoms with E-state index in [0.29, 0.717) is 40.5 Å². The minimum Gasteiger partial charge on any atom is -0.491 e. The van der Waals surface area contributed by atoms with Gasteiger partial charge >= 0.3 is 0 Å². The highest BCUT2D eigenvalue weighted by atomic mass is 35.5. The molecule has 3 fully saturated rings. The van der Waals surface area contributed by atoms with Gasteiger partial charge in [-0.25, -0.2) is 0 Å². The van der Waals surface area contributed by atoms with Crippen LogP contribution in [0.15, 0.2) is 53.5 Å². The van der Waals surface area contributed by atoms with Gasteiger partial charge in [-0.3, -0.25) is 9.36 Å². The van der Waals surface area contributed by atoms with Crippen LogP contribution in [0, 0.1) is 0 Å². The maximum Gasteiger partial charge on any atom is 0.262 e. The van der Waals surface area contributed by atoms with Crippen LogP contribution in [-0.2, 0) is 4.74 Å². The molecule has 3 aliphatic rings. The molecular weight excluding hydrogens is 452 g/mol. The molecular formula is C27H29ClN2O4. The summed E-state index contributed by atoms with van der Waals surface area (Å²) in [5.74, 6) is 1.43. The molecule has 0 saturated carbocycles. The number of hydrogen-bond acceptors (Lipinski definition) is 5. The van der Waals surface area contributed by atoms with E-state index in [1.807, 2.05) is 36.4 Å². The SMILES string of the molecule is O=c1c2ccc(OC[C@@H]3CCCO3)cc2ccn1-c1ccc(OC2C[C@H]3CC[C@@H](C2)N3)c(Cl)c1. The van der Waals surface area contributed by atoms with Crippen molar-refractivity contribution < 1.29 is 14.2 Å². The molecule has 6 nitrogen and oxygen atoms in total. The summed E-state index contributed by atoms with van der Waals surface area (Å²) in [6, 6.07) is 14.2. The summed E-state index contributed by atoms with van der Waals surface area (Å²) >= 11 is 6.58. The first-order valence-electron chi connectivity index (χ1n) is 12.2. The number of nitrogens with zero attached hydrogens (tertiary/aromatic N) is 1. The second kappa shape index (κ2) is 9.25. The van der Waals surface area contributed by atoms with Crippen molar-refractivity contribution in [3.63, 3.8) is 0 Å². The Morgan fingerprint density at radius 2 is 1.91 bits per heavy atom. The number of fused-ring (bicyclic) bond motifs is 3. The summed E-state index contributed by atoms with van der Waals surface area (Å²) in [6.45, 7) is 1.34. The van der Waals surface area contributed by atoms with Crippen LogP contribution in [0.5, 0.6) is 11.5 Å². The lowest BCUT2D eigenvalue weighted by molar-refractivity contribution is 0.0680. The molecule has 178 valence electrons. The maximum absolute atomic E-state index is 13.2. The number of ether oxygens (including phenoxy) is 3. The van der Waals surface area contributed by atoms with Crippen molar-refractivity contribution in [3.05, 3.63) is 64.0 Å². The number of aromatic nitrogens is 1. The molecule has 1 unspecified atom stereocenters. The molecule has 3 aliphatic heterocycles. The van der Waals surface area contributed by atoms with Crippen LogP contribution in [0.3, 0.4) is 0 Å². The molecule has 0 spiro atoms. The van der Waals surface area contributed by atoms with Crippen molar-refractivity contribution in [1.29, 1.82) is 0 Å². The van der Waals surface area contributed by atoms with E-state index < -0.39 is 0 Å². The number of rotatable bonds is 6. The average Bonchev–Trinajstić information content (AvgIpc) is 3.48. The first-order chi connectivity index (χ1) is 16.6. The van der Waals surface area contributed by atoms with Crippen molar-refractivity contribution in [2.45, 2.75) is 62.8 Å². The number of benzene rings is 2. The smallest absolute Gasteiger partial charge is 0.262 e. The molecule has 2 bridgehead atoms. The van der Waals surface area contributed by atoms with E-state index in [9.17, 15) is 4.79 Å². The van der Waals surface area contributed by atoms with E-state index >= 15 is 0 Å². The van der Waals surface area contributed by atoms with Gasteiger partial charge in [0.25, 0.3) is 5.56 Å². The lowest BCUT2D eigenvalue weighted by atomic mass is 10.0. The van der Waals surface area contributed by atoms with Crippen molar-refractivity contribution >= 4 is 22.4 Å². The summed E-state index contributed by atoms with van der Waals surface area (Å²) in [6.07, 6.45) is 8.72. The second-order valence-corrected chi connectivity index (χ2v) is 10.1. The fourth-order valence-electron chi connectivity index (χ4n) is 5.50. The van der Waals surface area contributed by atoms with Crippen molar-refractivity contribution in [2.24, 2.45) is 0 Å². The summed E-state index contributed by atoms with van der Waals surface area (Å²) in [7, 11) is 0. The zero-order chi connectivity index (χ0) is 23.1. The molecule has 4 atom stereocenters. The molecule has 0 amide bonds. The molecule has 7 heteroatoms. The number of halogens is 1. The molecule has 6 rings (SSSR count). The van der Waals surface area contributed by atoms with Gasteiger partial charge in [-0.05, 0) is 86.4 Å². The Morgan fingerprint density at radius 1 is 1.06 bits per heavy atom. The molecule has 2 aromatic carbocycles. The predicted molar refractivity (Wildman–Crippen MR) is 133 cm³/mol. The highest BCUT2D eigenvalue weighted by molar-refractivity contribution is 6.32. The number of pyridine rings is 1. The van der Waals surface area contributed by atoms with Crippen LogP contribution in [-0.4, -0.2) is 42.1 Å². The van der Waals surface area contributed by atoms with E-state index in [4.69, 9.17) is 25.8 Å². The quantitative estimate of drug-likeness (QED) is 0.545. The minimum absolute atomic E-state index is 0.0946. The minimum atomic E-state index is -0.0946. The normalized spacial score (nSPS) is 26.1. The van der Waals surface area contributed by atoms with Gasteiger partial charge < -0.3 is 19.5 Å². The third-order valence-corrected chi connectivity index (χ3v) is 7.55. The molecule has 3 saturated heterocycles. The Morgan fingerprint density at radius 3 is 2.68 bits per heavy atom. The topological polar surface area (TPSA) is 61.7 Å². The number of nitrogens with one attached hydrogen (secondary N) is 1. The summed E-state index contributed by atoms with van der Waals surface area (Å²) in [5, 5.41) is 5.63. The highest BCUT2D eigenvalue weighted by Gasteiger charge is 2.34. The predicted octanol–water partition coefficient (Wildman–Crippen LogP) is 4.86. The Labute approximate surface area is 203 Å².